The van der Waals surface area contributed by atoms with E-state index in [1.54, 1.807) is 0 Å². The number of hydrogen-bond acceptors (Lipinski definition) is 7. The van der Waals surface area contributed by atoms with Crippen molar-refractivity contribution in [1.82, 2.24) is 9.97 Å². The SMILES string of the molecule is NC(=NCC(F)(F)F)Nc1ccnc(NCCCO)n1.O=C(O)/C=C\C(=O)O. The molecule has 0 saturated carbocycles. The standard InChI is InChI=1S/C10H15F3N6O.C4H4O4/c11-10(12,13)6-17-8(14)18-7-2-4-16-9(19-7)15-3-1-5-20;5-3(6)1-2-4(7)8/h2,4,20H,1,3,5-6H2,(H4,14,15,16,17,18,19);1-2H,(H,5,6)(H,7,8)/b;2-1-. The molecule has 0 amide bonds. The number of aromatic nitrogens is 2. The van der Waals surface area contributed by atoms with Gasteiger partial charge >= 0.3 is 18.1 Å². The first-order valence-electron chi connectivity index (χ1n) is 7.49. The number of alkyl halides is 3. The highest BCUT2D eigenvalue weighted by atomic mass is 19.4. The molecule has 1 heterocycles. The van der Waals surface area contributed by atoms with Gasteiger partial charge < -0.3 is 31.7 Å². The second-order valence-electron chi connectivity index (χ2n) is 4.72. The number of aliphatic carboxylic acids is 2. The average Bonchev–Trinajstić information content (AvgIpc) is 2.59. The maximum atomic E-state index is 11.9. The van der Waals surface area contributed by atoms with Gasteiger partial charge in [0.1, 0.15) is 12.4 Å². The van der Waals surface area contributed by atoms with Gasteiger partial charge in [-0.15, -0.1) is 0 Å². The van der Waals surface area contributed by atoms with Crippen molar-refractivity contribution in [2.45, 2.75) is 12.6 Å². The molecule has 0 fully saturated rings. The van der Waals surface area contributed by atoms with E-state index >= 15 is 0 Å². The Morgan fingerprint density at radius 1 is 1.25 bits per heavy atom. The molecular formula is C14H19F3N6O5. The van der Waals surface area contributed by atoms with Crippen molar-refractivity contribution in [1.29, 1.82) is 0 Å². The Morgan fingerprint density at radius 2 is 1.86 bits per heavy atom. The van der Waals surface area contributed by atoms with Crippen molar-refractivity contribution in [3.8, 4) is 0 Å². The van der Waals surface area contributed by atoms with Gasteiger partial charge in [0.15, 0.2) is 5.96 Å². The number of nitrogens with one attached hydrogen (secondary N) is 2. The van der Waals surface area contributed by atoms with Crippen LogP contribution in [0.1, 0.15) is 6.42 Å². The number of nitrogens with two attached hydrogens (primary N) is 1. The number of aliphatic hydroxyl groups excluding tert-OH is 1. The zero-order valence-corrected chi connectivity index (χ0v) is 14.3. The molecule has 1 aromatic rings. The summed E-state index contributed by atoms with van der Waals surface area (Å²) in [5.41, 5.74) is 5.31. The highest BCUT2D eigenvalue weighted by Crippen LogP contribution is 2.14. The Bertz CT molecular complexity index is 680. The van der Waals surface area contributed by atoms with Gasteiger partial charge in [-0.25, -0.2) is 19.6 Å². The molecule has 1 aromatic heterocycles. The largest absolute Gasteiger partial charge is 0.478 e. The van der Waals surface area contributed by atoms with Crippen LogP contribution in [0.3, 0.4) is 0 Å². The number of carbonyl (C=O) groups is 2. The quantitative estimate of drug-likeness (QED) is 0.151. The number of hydrogen-bond donors (Lipinski definition) is 6. The van der Waals surface area contributed by atoms with Crippen molar-refractivity contribution < 1.29 is 38.1 Å². The molecule has 14 heteroatoms. The summed E-state index contributed by atoms with van der Waals surface area (Å²) in [5.74, 6) is -2.41. The Balaban J connectivity index is 0.000000769. The minimum atomic E-state index is -4.41. The molecular weight excluding hydrogens is 389 g/mol. The summed E-state index contributed by atoms with van der Waals surface area (Å²) in [6, 6.07) is 1.44. The van der Waals surface area contributed by atoms with Gasteiger partial charge in [0.05, 0.1) is 0 Å². The van der Waals surface area contributed by atoms with E-state index in [4.69, 9.17) is 21.1 Å². The summed E-state index contributed by atoms with van der Waals surface area (Å²) in [6.07, 6.45) is -1.36. The fourth-order valence-corrected chi connectivity index (χ4v) is 1.28. The second kappa shape index (κ2) is 12.9. The number of nitrogens with zero attached hydrogens (tertiary/aromatic N) is 3. The third-order valence-electron chi connectivity index (χ3n) is 2.33. The molecule has 0 saturated heterocycles. The molecule has 0 aliphatic heterocycles. The Hall–Kier alpha value is -3.42. The number of rotatable bonds is 8. The van der Waals surface area contributed by atoms with E-state index in [1.807, 2.05) is 0 Å². The van der Waals surface area contributed by atoms with E-state index in [1.165, 1.54) is 12.3 Å². The van der Waals surface area contributed by atoms with Crippen molar-refractivity contribution in [2.75, 3.05) is 30.3 Å². The van der Waals surface area contributed by atoms with Crippen LogP contribution < -0.4 is 16.4 Å². The van der Waals surface area contributed by atoms with Crippen LogP contribution in [0.15, 0.2) is 29.4 Å². The summed E-state index contributed by atoms with van der Waals surface area (Å²) in [5, 5.41) is 29.5. The maximum Gasteiger partial charge on any atom is 0.408 e. The molecule has 156 valence electrons. The summed E-state index contributed by atoms with van der Waals surface area (Å²) in [7, 11) is 0. The minimum absolute atomic E-state index is 0.0298. The summed E-state index contributed by atoms with van der Waals surface area (Å²) >= 11 is 0. The second-order valence-corrected chi connectivity index (χ2v) is 4.72. The van der Waals surface area contributed by atoms with Crippen molar-refractivity contribution in [3.63, 3.8) is 0 Å². The lowest BCUT2D eigenvalue weighted by atomic mass is 10.4. The molecule has 0 aliphatic rings. The predicted molar refractivity (Wildman–Crippen MR) is 92.8 cm³/mol. The van der Waals surface area contributed by atoms with E-state index in [9.17, 15) is 22.8 Å². The minimum Gasteiger partial charge on any atom is -0.478 e. The molecule has 0 atom stereocenters. The van der Waals surface area contributed by atoms with Crippen molar-refractivity contribution in [2.24, 2.45) is 10.7 Å². The van der Waals surface area contributed by atoms with Crippen LogP contribution in [0.25, 0.3) is 0 Å². The van der Waals surface area contributed by atoms with Gasteiger partial charge in [-0.05, 0) is 12.5 Å². The van der Waals surface area contributed by atoms with E-state index in [-0.39, 0.29) is 24.3 Å². The van der Waals surface area contributed by atoms with Crippen LogP contribution in [0.2, 0.25) is 0 Å². The highest BCUT2D eigenvalue weighted by Gasteiger charge is 2.26. The average molecular weight is 408 g/mol. The van der Waals surface area contributed by atoms with Gasteiger partial charge in [-0.1, -0.05) is 0 Å². The molecule has 7 N–H and O–H groups in total. The Kier molecular flexibility index (Phi) is 11.3. The fraction of sp³-hybridized carbons (Fsp3) is 0.357. The lowest BCUT2D eigenvalue weighted by molar-refractivity contribution is -0.134. The van der Waals surface area contributed by atoms with Gasteiger partial charge in [-0.2, -0.15) is 18.2 Å². The molecule has 0 radical (unpaired) electrons. The van der Waals surface area contributed by atoms with Crippen molar-refractivity contribution in [3.05, 3.63) is 24.4 Å². The van der Waals surface area contributed by atoms with E-state index in [2.05, 4.69) is 25.6 Å². The first-order chi connectivity index (χ1) is 13.0. The number of halogens is 3. The van der Waals surface area contributed by atoms with Crippen LogP contribution in [0, 0.1) is 0 Å². The maximum absolute atomic E-state index is 11.9. The number of aliphatic imine (C=N–C) groups is 1. The molecule has 0 spiro atoms. The first-order valence-corrected chi connectivity index (χ1v) is 7.49. The zero-order valence-electron chi connectivity index (χ0n) is 14.3. The van der Waals surface area contributed by atoms with Crippen LogP contribution in [-0.2, 0) is 9.59 Å². The first kappa shape index (κ1) is 24.6. The van der Waals surface area contributed by atoms with Gasteiger partial charge in [0.2, 0.25) is 5.95 Å². The Morgan fingerprint density at radius 3 is 2.36 bits per heavy atom. The number of guanidine groups is 1. The molecule has 11 nitrogen and oxygen atoms in total. The topological polar surface area (TPSA) is 183 Å². The highest BCUT2D eigenvalue weighted by molar-refractivity contribution is 5.91. The lowest BCUT2D eigenvalue weighted by Crippen LogP contribution is -2.26. The molecule has 28 heavy (non-hydrogen) atoms. The Labute approximate surface area is 156 Å². The monoisotopic (exact) mass is 408 g/mol. The third-order valence-corrected chi connectivity index (χ3v) is 2.33. The normalized spacial score (nSPS) is 11.5. The fourth-order valence-electron chi connectivity index (χ4n) is 1.28. The number of anilines is 2. The predicted octanol–water partition coefficient (Wildman–Crippen LogP) is 0.272. The lowest BCUT2D eigenvalue weighted by Gasteiger charge is -2.08. The third kappa shape index (κ3) is 14.9. The van der Waals surface area contributed by atoms with Gasteiger partial charge in [0, 0.05) is 31.5 Å². The van der Waals surface area contributed by atoms with Crippen LogP contribution in [0.4, 0.5) is 24.9 Å². The van der Waals surface area contributed by atoms with Crippen LogP contribution in [0.5, 0.6) is 0 Å². The molecule has 0 aliphatic carbocycles. The van der Waals surface area contributed by atoms with Gasteiger partial charge in [0.25, 0.3) is 0 Å². The van der Waals surface area contributed by atoms with E-state index < -0.39 is 24.7 Å². The molecule has 0 bridgehead atoms. The molecule has 0 unspecified atom stereocenters. The smallest absolute Gasteiger partial charge is 0.408 e. The van der Waals surface area contributed by atoms with Crippen molar-refractivity contribution >= 4 is 29.7 Å². The molecule has 0 aromatic carbocycles. The zero-order chi connectivity index (χ0) is 21.6. The summed E-state index contributed by atoms with van der Waals surface area (Å²) in [4.78, 5) is 30.1. The van der Waals surface area contributed by atoms with E-state index in [0.717, 1.165) is 0 Å². The van der Waals surface area contributed by atoms with Gasteiger partial charge in [-0.3, -0.25) is 0 Å². The number of carboxylic acid groups (broad SMARTS) is 2. The number of carboxylic acids is 2. The summed E-state index contributed by atoms with van der Waals surface area (Å²) < 4.78 is 35.8. The van der Waals surface area contributed by atoms with Crippen LogP contribution in [-0.4, -0.2) is 69.1 Å². The van der Waals surface area contributed by atoms with Crippen LogP contribution >= 0.6 is 0 Å². The van der Waals surface area contributed by atoms with E-state index in [0.29, 0.717) is 25.1 Å². The summed E-state index contributed by atoms with van der Waals surface area (Å²) in [6.45, 7) is -0.863. The number of aliphatic hydroxyl groups is 1. The molecule has 1 rings (SSSR count).